The highest BCUT2D eigenvalue weighted by atomic mass is 32.2. The number of methoxy groups -OCH3 is 1. The Morgan fingerprint density at radius 3 is 2.92 bits per heavy atom. The predicted octanol–water partition coefficient (Wildman–Crippen LogP) is 0.992. The van der Waals surface area contributed by atoms with Crippen LogP contribution >= 0.6 is 0 Å². The maximum Gasteiger partial charge on any atom is 0.234 e. The number of hydrogen-bond donors (Lipinski definition) is 1. The molecule has 1 amide bonds. The van der Waals surface area contributed by atoms with Gasteiger partial charge in [-0.1, -0.05) is 17.3 Å². The standard InChI is InChI=1S/C15H17N3O5S/c1-22-12-4-2-3-11(6-12)13-7-15(23-17-13)18-8-10(5-14(18)19)9-24(16,20)21/h2-4,6-7,10H,5,8-9H2,1H3,(H2,16,20,21). The van der Waals surface area contributed by atoms with Crippen molar-refractivity contribution < 1.29 is 22.5 Å². The van der Waals surface area contributed by atoms with Gasteiger partial charge in [-0.15, -0.1) is 0 Å². The minimum absolute atomic E-state index is 0.117. The fraction of sp³-hybridized carbons (Fsp3) is 0.333. The molecule has 1 aromatic carbocycles. The van der Waals surface area contributed by atoms with Gasteiger partial charge < -0.3 is 9.26 Å². The van der Waals surface area contributed by atoms with Crippen LogP contribution in [0.4, 0.5) is 5.88 Å². The highest BCUT2D eigenvalue weighted by Crippen LogP contribution is 2.30. The third-order valence-electron chi connectivity index (χ3n) is 3.80. The van der Waals surface area contributed by atoms with E-state index in [1.54, 1.807) is 19.2 Å². The molecule has 2 heterocycles. The Labute approximate surface area is 139 Å². The molecule has 8 nitrogen and oxygen atoms in total. The molecule has 24 heavy (non-hydrogen) atoms. The Balaban J connectivity index is 1.79. The molecular formula is C15H17N3O5S. The van der Waals surface area contributed by atoms with Crippen LogP contribution in [-0.2, 0) is 14.8 Å². The van der Waals surface area contributed by atoms with E-state index in [1.165, 1.54) is 4.90 Å². The van der Waals surface area contributed by atoms with Crippen molar-refractivity contribution in [2.45, 2.75) is 6.42 Å². The molecule has 0 spiro atoms. The van der Waals surface area contributed by atoms with Crippen molar-refractivity contribution in [3.05, 3.63) is 30.3 Å². The SMILES string of the molecule is COc1cccc(-c2cc(N3CC(CS(N)(=O)=O)CC3=O)on2)c1. The molecule has 1 atom stereocenters. The summed E-state index contributed by atoms with van der Waals surface area (Å²) in [6.45, 7) is 0.238. The zero-order valence-corrected chi connectivity index (χ0v) is 13.8. The Kier molecular flexibility index (Phi) is 4.29. The predicted molar refractivity (Wildman–Crippen MR) is 86.9 cm³/mol. The summed E-state index contributed by atoms with van der Waals surface area (Å²) in [6.07, 6.45) is 0.117. The zero-order valence-electron chi connectivity index (χ0n) is 13.0. The number of primary sulfonamides is 1. The molecule has 2 aromatic rings. The third kappa shape index (κ3) is 3.57. The van der Waals surface area contributed by atoms with Crippen molar-refractivity contribution in [2.75, 3.05) is 24.3 Å². The molecule has 0 saturated carbocycles. The van der Waals surface area contributed by atoms with E-state index in [9.17, 15) is 13.2 Å². The van der Waals surface area contributed by atoms with Crippen molar-refractivity contribution in [1.82, 2.24) is 5.16 Å². The number of carbonyl (C=O) groups excluding carboxylic acids is 1. The van der Waals surface area contributed by atoms with E-state index >= 15 is 0 Å². The van der Waals surface area contributed by atoms with E-state index in [0.717, 1.165) is 5.56 Å². The molecule has 128 valence electrons. The highest BCUT2D eigenvalue weighted by Gasteiger charge is 2.34. The summed E-state index contributed by atoms with van der Waals surface area (Å²) in [5.74, 6) is 0.179. The summed E-state index contributed by atoms with van der Waals surface area (Å²) in [6, 6.07) is 8.93. The number of amides is 1. The lowest BCUT2D eigenvalue weighted by molar-refractivity contribution is -0.117. The maximum absolute atomic E-state index is 12.1. The van der Waals surface area contributed by atoms with Gasteiger partial charge in [-0.3, -0.25) is 9.69 Å². The third-order valence-corrected chi connectivity index (χ3v) is 4.74. The largest absolute Gasteiger partial charge is 0.497 e. The minimum Gasteiger partial charge on any atom is -0.497 e. The van der Waals surface area contributed by atoms with Crippen molar-refractivity contribution in [3.8, 4) is 17.0 Å². The molecule has 1 aliphatic rings. The van der Waals surface area contributed by atoms with Crippen LogP contribution in [0.3, 0.4) is 0 Å². The number of hydrogen-bond acceptors (Lipinski definition) is 6. The molecule has 1 aromatic heterocycles. The highest BCUT2D eigenvalue weighted by molar-refractivity contribution is 7.89. The monoisotopic (exact) mass is 351 g/mol. The van der Waals surface area contributed by atoms with Crippen molar-refractivity contribution in [1.29, 1.82) is 0 Å². The van der Waals surface area contributed by atoms with Gasteiger partial charge in [-0.2, -0.15) is 0 Å². The van der Waals surface area contributed by atoms with Crippen LogP contribution in [0.15, 0.2) is 34.9 Å². The first-order valence-electron chi connectivity index (χ1n) is 7.27. The lowest BCUT2D eigenvalue weighted by Gasteiger charge is -2.11. The number of anilines is 1. The van der Waals surface area contributed by atoms with Gasteiger partial charge in [0.05, 0.1) is 12.9 Å². The molecule has 1 aliphatic heterocycles. The molecule has 9 heteroatoms. The summed E-state index contributed by atoms with van der Waals surface area (Å²) >= 11 is 0. The number of nitrogens with two attached hydrogens (primary N) is 1. The van der Waals surface area contributed by atoms with Gasteiger partial charge in [0.1, 0.15) is 11.4 Å². The number of carbonyl (C=O) groups is 1. The van der Waals surface area contributed by atoms with Gasteiger partial charge in [0.15, 0.2) is 0 Å². The fourth-order valence-corrected chi connectivity index (χ4v) is 3.63. The normalized spacial score (nSPS) is 18.2. The molecule has 2 N–H and O–H groups in total. The molecule has 1 fully saturated rings. The lowest BCUT2D eigenvalue weighted by atomic mass is 10.1. The Morgan fingerprint density at radius 1 is 1.42 bits per heavy atom. The minimum atomic E-state index is -3.62. The van der Waals surface area contributed by atoms with Gasteiger partial charge in [-0.05, 0) is 12.1 Å². The van der Waals surface area contributed by atoms with E-state index in [0.29, 0.717) is 11.4 Å². The van der Waals surface area contributed by atoms with Gasteiger partial charge in [0.25, 0.3) is 0 Å². The van der Waals surface area contributed by atoms with Gasteiger partial charge in [-0.25, -0.2) is 13.6 Å². The zero-order chi connectivity index (χ0) is 17.3. The Hall–Kier alpha value is -2.39. The summed E-state index contributed by atoms with van der Waals surface area (Å²) < 4.78 is 32.8. The lowest BCUT2D eigenvalue weighted by Crippen LogP contribution is -2.27. The number of sulfonamides is 1. The van der Waals surface area contributed by atoms with Crippen LogP contribution in [-0.4, -0.2) is 38.9 Å². The Bertz CT molecular complexity index is 861. The second-order valence-electron chi connectivity index (χ2n) is 5.69. The van der Waals surface area contributed by atoms with Gasteiger partial charge >= 0.3 is 0 Å². The topological polar surface area (TPSA) is 116 Å². The average molecular weight is 351 g/mol. The van der Waals surface area contributed by atoms with Crippen LogP contribution in [0, 0.1) is 5.92 Å². The van der Waals surface area contributed by atoms with Gasteiger partial charge in [0.2, 0.25) is 21.8 Å². The molecule has 3 rings (SSSR count). The average Bonchev–Trinajstić information content (AvgIpc) is 3.12. The number of ether oxygens (including phenoxy) is 1. The van der Waals surface area contributed by atoms with E-state index in [1.807, 2.05) is 18.2 Å². The van der Waals surface area contributed by atoms with Crippen LogP contribution in [0.25, 0.3) is 11.3 Å². The maximum atomic E-state index is 12.1. The quantitative estimate of drug-likeness (QED) is 0.859. The summed E-state index contributed by atoms with van der Waals surface area (Å²) in [5.41, 5.74) is 1.35. The Morgan fingerprint density at radius 2 is 2.21 bits per heavy atom. The fourth-order valence-electron chi connectivity index (χ4n) is 2.75. The van der Waals surface area contributed by atoms with Crippen LogP contribution in [0.5, 0.6) is 5.75 Å². The molecule has 0 bridgehead atoms. The molecule has 1 unspecified atom stereocenters. The van der Waals surface area contributed by atoms with Crippen LogP contribution in [0.1, 0.15) is 6.42 Å². The van der Waals surface area contributed by atoms with E-state index in [4.69, 9.17) is 14.4 Å². The summed E-state index contributed by atoms with van der Waals surface area (Å²) in [7, 11) is -2.05. The van der Waals surface area contributed by atoms with Gasteiger partial charge in [0, 0.05) is 30.5 Å². The first kappa shape index (κ1) is 16.5. The summed E-state index contributed by atoms with van der Waals surface area (Å²) in [5, 5.41) is 9.02. The van der Waals surface area contributed by atoms with Crippen molar-refractivity contribution in [2.24, 2.45) is 11.1 Å². The molecule has 1 saturated heterocycles. The first-order chi connectivity index (χ1) is 11.4. The smallest absolute Gasteiger partial charge is 0.234 e. The molecule has 0 radical (unpaired) electrons. The second-order valence-corrected chi connectivity index (χ2v) is 7.35. The second kappa shape index (κ2) is 6.25. The van der Waals surface area contributed by atoms with Crippen LogP contribution in [0.2, 0.25) is 0 Å². The number of rotatable bonds is 5. The molecule has 0 aliphatic carbocycles. The number of nitrogens with zero attached hydrogens (tertiary/aromatic N) is 2. The first-order valence-corrected chi connectivity index (χ1v) is 8.99. The van der Waals surface area contributed by atoms with Crippen LogP contribution < -0.4 is 14.8 Å². The number of benzene rings is 1. The van der Waals surface area contributed by atoms with Crippen molar-refractivity contribution in [3.63, 3.8) is 0 Å². The van der Waals surface area contributed by atoms with Crippen molar-refractivity contribution >= 4 is 21.8 Å². The van der Waals surface area contributed by atoms with E-state index < -0.39 is 10.0 Å². The van der Waals surface area contributed by atoms with E-state index in [-0.39, 0.29) is 36.4 Å². The summed E-state index contributed by atoms with van der Waals surface area (Å²) in [4.78, 5) is 13.5. The number of aromatic nitrogens is 1. The van der Waals surface area contributed by atoms with E-state index in [2.05, 4.69) is 5.16 Å². The molecular weight excluding hydrogens is 334 g/mol.